The molecule has 3 heteroatoms. The Balaban J connectivity index is 1.85. The molecule has 2 atom stereocenters. The van der Waals surface area contributed by atoms with Crippen LogP contribution in [0.15, 0.2) is 17.5 Å². The summed E-state index contributed by atoms with van der Waals surface area (Å²) in [6.45, 7) is 4.31. The van der Waals surface area contributed by atoms with Gasteiger partial charge >= 0.3 is 0 Å². The van der Waals surface area contributed by atoms with E-state index in [1.165, 1.54) is 43.4 Å². The van der Waals surface area contributed by atoms with Gasteiger partial charge in [-0.05, 0) is 43.0 Å². The van der Waals surface area contributed by atoms with Gasteiger partial charge in [0.15, 0.2) is 0 Å². The molecule has 106 valence electrons. The lowest BCUT2D eigenvalue weighted by molar-refractivity contribution is 0.0407. The van der Waals surface area contributed by atoms with Crippen molar-refractivity contribution in [3.05, 3.63) is 22.4 Å². The van der Waals surface area contributed by atoms with E-state index < -0.39 is 0 Å². The molecule has 0 aliphatic heterocycles. The van der Waals surface area contributed by atoms with Crippen molar-refractivity contribution in [2.45, 2.75) is 63.6 Å². The maximum absolute atomic E-state index is 6.29. The van der Waals surface area contributed by atoms with Gasteiger partial charge in [-0.15, -0.1) is 11.3 Å². The topological polar surface area (TPSA) is 29.3 Å². The van der Waals surface area contributed by atoms with E-state index in [1.807, 2.05) is 11.3 Å². The Bertz CT molecular complexity index is 399. The predicted octanol–water partition coefficient (Wildman–Crippen LogP) is 3.62. The van der Waals surface area contributed by atoms with Crippen LogP contribution in [0.25, 0.3) is 0 Å². The van der Waals surface area contributed by atoms with E-state index in [9.17, 15) is 0 Å². The SMILES string of the molecule is CCC1CCCC1(CN)N(Cc1cccs1)C1CC1. The minimum Gasteiger partial charge on any atom is -0.329 e. The van der Waals surface area contributed by atoms with Crippen LogP contribution in [0.2, 0.25) is 0 Å². The van der Waals surface area contributed by atoms with E-state index >= 15 is 0 Å². The zero-order valence-electron chi connectivity index (χ0n) is 12.0. The third kappa shape index (κ3) is 2.48. The molecule has 3 rings (SSSR count). The summed E-state index contributed by atoms with van der Waals surface area (Å²) >= 11 is 1.89. The standard InChI is InChI=1S/C16H26N2S/c1-2-13-5-3-9-16(13,12-17)18(14-7-8-14)11-15-6-4-10-19-15/h4,6,10,13-14H,2-3,5,7-9,11-12,17H2,1H3. The van der Waals surface area contributed by atoms with Crippen LogP contribution in [0.4, 0.5) is 0 Å². The highest BCUT2D eigenvalue weighted by atomic mass is 32.1. The lowest BCUT2D eigenvalue weighted by atomic mass is 9.83. The summed E-state index contributed by atoms with van der Waals surface area (Å²) in [4.78, 5) is 4.29. The predicted molar refractivity (Wildman–Crippen MR) is 82.3 cm³/mol. The summed E-state index contributed by atoms with van der Waals surface area (Å²) in [6.07, 6.45) is 8.09. The Morgan fingerprint density at radius 2 is 2.26 bits per heavy atom. The first-order valence-electron chi connectivity index (χ1n) is 7.79. The van der Waals surface area contributed by atoms with Crippen LogP contribution in [0.1, 0.15) is 50.3 Å². The highest BCUT2D eigenvalue weighted by molar-refractivity contribution is 7.09. The number of rotatable bonds is 6. The number of nitrogens with zero attached hydrogens (tertiary/aromatic N) is 1. The van der Waals surface area contributed by atoms with Gasteiger partial charge in [-0.2, -0.15) is 0 Å². The Labute approximate surface area is 121 Å². The first-order chi connectivity index (χ1) is 9.30. The summed E-state index contributed by atoms with van der Waals surface area (Å²) in [7, 11) is 0. The van der Waals surface area contributed by atoms with Crippen LogP contribution >= 0.6 is 11.3 Å². The van der Waals surface area contributed by atoms with Crippen LogP contribution in [-0.4, -0.2) is 23.0 Å². The normalized spacial score (nSPS) is 31.2. The fraction of sp³-hybridized carbons (Fsp3) is 0.750. The smallest absolute Gasteiger partial charge is 0.0366 e. The maximum Gasteiger partial charge on any atom is 0.0366 e. The van der Waals surface area contributed by atoms with Crippen molar-refractivity contribution >= 4 is 11.3 Å². The van der Waals surface area contributed by atoms with Crippen LogP contribution < -0.4 is 5.73 Å². The minimum atomic E-state index is 0.292. The van der Waals surface area contributed by atoms with Crippen molar-refractivity contribution in [3.63, 3.8) is 0 Å². The molecule has 1 aromatic heterocycles. The highest BCUT2D eigenvalue weighted by Crippen LogP contribution is 2.47. The summed E-state index contributed by atoms with van der Waals surface area (Å²) in [5.41, 5.74) is 6.58. The number of nitrogens with two attached hydrogens (primary N) is 1. The van der Waals surface area contributed by atoms with Gasteiger partial charge in [0.05, 0.1) is 0 Å². The van der Waals surface area contributed by atoms with E-state index in [4.69, 9.17) is 5.73 Å². The molecule has 2 unspecified atom stereocenters. The molecule has 0 spiro atoms. The average molecular weight is 278 g/mol. The molecule has 1 heterocycles. The van der Waals surface area contributed by atoms with Crippen LogP contribution in [0.5, 0.6) is 0 Å². The summed E-state index contributed by atoms with van der Waals surface area (Å²) in [6, 6.07) is 5.25. The van der Waals surface area contributed by atoms with Crippen LogP contribution in [0.3, 0.4) is 0 Å². The van der Waals surface area contributed by atoms with Gasteiger partial charge in [0.1, 0.15) is 0 Å². The monoisotopic (exact) mass is 278 g/mol. The van der Waals surface area contributed by atoms with Crippen molar-refractivity contribution in [2.24, 2.45) is 11.7 Å². The molecule has 2 aliphatic carbocycles. The van der Waals surface area contributed by atoms with E-state index in [1.54, 1.807) is 0 Å². The molecule has 2 nitrogen and oxygen atoms in total. The molecule has 2 aliphatic rings. The van der Waals surface area contributed by atoms with Crippen LogP contribution in [-0.2, 0) is 6.54 Å². The summed E-state index contributed by atoms with van der Waals surface area (Å²) in [5, 5.41) is 2.20. The van der Waals surface area contributed by atoms with Gasteiger partial charge in [-0.3, -0.25) is 4.90 Å². The van der Waals surface area contributed by atoms with Gasteiger partial charge in [0.2, 0.25) is 0 Å². The Hall–Kier alpha value is -0.380. The van der Waals surface area contributed by atoms with Gasteiger partial charge in [0.25, 0.3) is 0 Å². The van der Waals surface area contributed by atoms with Crippen LogP contribution in [0, 0.1) is 5.92 Å². The molecule has 0 amide bonds. The third-order valence-electron chi connectivity index (χ3n) is 5.23. The quantitative estimate of drug-likeness (QED) is 0.861. The molecule has 0 aromatic carbocycles. The maximum atomic E-state index is 6.29. The lowest BCUT2D eigenvalue weighted by Gasteiger charge is -2.45. The average Bonchev–Trinajstić information content (AvgIpc) is 2.99. The Morgan fingerprint density at radius 3 is 2.84 bits per heavy atom. The van der Waals surface area contributed by atoms with E-state index in [0.29, 0.717) is 5.54 Å². The first-order valence-corrected chi connectivity index (χ1v) is 8.67. The van der Waals surface area contributed by atoms with E-state index in [-0.39, 0.29) is 0 Å². The molecule has 19 heavy (non-hydrogen) atoms. The molecule has 2 N–H and O–H groups in total. The Morgan fingerprint density at radius 1 is 1.42 bits per heavy atom. The molecule has 2 saturated carbocycles. The second-order valence-corrected chi connectivity index (χ2v) is 7.28. The summed E-state index contributed by atoms with van der Waals surface area (Å²) < 4.78 is 0. The number of hydrogen-bond acceptors (Lipinski definition) is 3. The highest BCUT2D eigenvalue weighted by Gasteiger charge is 2.49. The zero-order valence-corrected chi connectivity index (χ0v) is 12.8. The first kappa shape index (κ1) is 13.6. The van der Waals surface area contributed by atoms with Crippen molar-refractivity contribution in [1.29, 1.82) is 0 Å². The summed E-state index contributed by atoms with van der Waals surface area (Å²) in [5.74, 6) is 0.804. The Kier molecular flexibility index (Phi) is 3.97. The van der Waals surface area contributed by atoms with E-state index in [2.05, 4.69) is 29.3 Å². The van der Waals surface area contributed by atoms with Gasteiger partial charge in [-0.25, -0.2) is 0 Å². The number of hydrogen-bond donors (Lipinski definition) is 1. The largest absolute Gasteiger partial charge is 0.329 e. The lowest BCUT2D eigenvalue weighted by Crippen LogP contribution is -2.56. The fourth-order valence-corrected chi connectivity index (χ4v) is 4.79. The molecule has 1 aromatic rings. The van der Waals surface area contributed by atoms with E-state index in [0.717, 1.165) is 25.0 Å². The third-order valence-corrected chi connectivity index (χ3v) is 6.10. The molecular formula is C16H26N2S. The number of thiophene rings is 1. The van der Waals surface area contributed by atoms with Crippen molar-refractivity contribution in [3.8, 4) is 0 Å². The van der Waals surface area contributed by atoms with Gasteiger partial charge in [-0.1, -0.05) is 25.8 Å². The second-order valence-electron chi connectivity index (χ2n) is 6.24. The molecular weight excluding hydrogens is 252 g/mol. The van der Waals surface area contributed by atoms with Crippen molar-refractivity contribution in [2.75, 3.05) is 6.54 Å². The molecule has 0 saturated heterocycles. The minimum absolute atomic E-state index is 0.292. The molecule has 0 bridgehead atoms. The second kappa shape index (κ2) is 5.55. The van der Waals surface area contributed by atoms with Crippen molar-refractivity contribution in [1.82, 2.24) is 4.90 Å². The van der Waals surface area contributed by atoms with Gasteiger partial charge in [0, 0.05) is 29.5 Å². The fourth-order valence-electron chi connectivity index (χ4n) is 4.08. The van der Waals surface area contributed by atoms with Gasteiger partial charge < -0.3 is 5.73 Å². The molecule has 0 radical (unpaired) electrons. The van der Waals surface area contributed by atoms with Crippen molar-refractivity contribution < 1.29 is 0 Å². The zero-order chi connectivity index (χ0) is 13.3. The molecule has 2 fully saturated rings.